The molecule has 3 rings (SSSR count). The third kappa shape index (κ3) is 3.25. The van der Waals surface area contributed by atoms with Crippen LogP contribution in [0.25, 0.3) is 10.1 Å². The molecule has 0 radical (unpaired) electrons. The van der Waals surface area contributed by atoms with Gasteiger partial charge in [-0.2, -0.15) is 0 Å². The molecule has 1 aliphatic heterocycles. The molecular weight excluding hydrogens is 342 g/mol. The molecule has 0 spiro atoms. The first-order chi connectivity index (χ1) is 12.0. The number of carbonyl (C=O) groups is 4. The predicted molar refractivity (Wildman–Crippen MR) is 93.1 cm³/mol. The summed E-state index contributed by atoms with van der Waals surface area (Å²) in [5.41, 5.74) is 0. The van der Waals surface area contributed by atoms with Crippen LogP contribution in [0.5, 0.6) is 0 Å². The number of rotatable bonds is 4. The molecule has 0 saturated carbocycles. The van der Waals surface area contributed by atoms with Crippen molar-refractivity contribution in [3.8, 4) is 0 Å². The second-order valence-electron chi connectivity index (χ2n) is 5.59. The number of benzene rings is 1. The Morgan fingerprint density at radius 2 is 2.04 bits per heavy atom. The van der Waals surface area contributed by atoms with Crippen LogP contribution in [0.1, 0.15) is 17.8 Å². The summed E-state index contributed by atoms with van der Waals surface area (Å²) in [7, 11) is 0. The van der Waals surface area contributed by atoms with E-state index in [-0.39, 0.29) is 6.54 Å². The molecule has 8 heteroatoms. The molecule has 1 N–H and O–H groups in total. The number of hydrogen-bond acceptors (Lipinski definition) is 5. The Kier molecular flexibility index (Phi) is 4.80. The topological polar surface area (TPSA) is 86.8 Å². The predicted octanol–water partition coefficient (Wildman–Crippen LogP) is 1.54. The number of aldehydes is 1. The zero-order valence-electron chi connectivity index (χ0n) is 13.6. The Morgan fingerprint density at radius 3 is 2.72 bits per heavy atom. The third-order valence-electron chi connectivity index (χ3n) is 4.10. The highest BCUT2D eigenvalue weighted by Crippen LogP contribution is 2.29. The average Bonchev–Trinajstić information content (AvgIpc) is 3.05. The van der Waals surface area contributed by atoms with E-state index in [0.717, 1.165) is 15.0 Å². The number of fused-ring (bicyclic) bond motifs is 1. The van der Waals surface area contributed by atoms with E-state index < -0.39 is 23.9 Å². The van der Waals surface area contributed by atoms with Gasteiger partial charge in [-0.25, -0.2) is 4.79 Å². The van der Waals surface area contributed by atoms with Crippen molar-refractivity contribution in [1.82, 2.24) is 15.1 Å². The SMILES string of the molecule is CCN1CCN(C(=O)NC(C=O)c2cc3ccccc3s2)C(=O)C1=O. The maximum atomic E-state index is 12.4. The van der Waals surface area contributed by atoms with E-state index in [0.29, 0.717) is 24.3 Å². The molecule has 1 saturated heterocycles. The monoisotopic (exact) mass is 359 g/mol. The minimum atomic E-state index is -0.869. The lowest BCUT2D eigenvalue weighted by Gasteiger charge is -2.32. The summed E-state index contributed by atoms with van der Waals surface area (Å²) in [6.45, 7) is 2.59. The highest BCUT2D eigenvalue weighted by molar-refractivity contribution is 7.19. The van der Waals surface area contributed by atoms with Crippen molar-refractivity contribution >= 4 is 45.6 Å². The van der Waals surface area contributed by atoms with Crippen molar-refractivity contribution in [1.29, 1.82) is 0 Å². The van der Waals surface area contributed by atoms with Crippen LogP contribution in [-0.2, 0) is 14.4 Å². The summed E-state index contributed by atoms with van der Waals surface area (Å²) in [6.07, 6.45) is 0.622. The van der Waals surface area contributed by atoms with E-state index in [1.54, 1.807) is 6.92 Å². The van der Waals surface area contributed by atoms with Gasteiger partial charge in [0.15, 0.2) is 0 Å². The second-order valence-corrected chi connectivity index (χ2v) is 6.71. The molecule has 0 aliphatic carbocycles. The van der Waals surface area contributed by atoms with E-state index in [2.05, 4.69) is 5.32 Å². The van der Waals surface area contributed by atoms with E-state index in [4.69, 9.17) is 0 Å². The molecule has 0 bridgehead atoms. The first-order valence-corrected chi connectivity index (χ1v) is 8.71. The molecular formula is C17H17N3O4S. The van der Waals surface area contributed by atoms with Gasteiger partial charge in [-0.3, -0.25) is 14.5 Å². The number of amides is 4. The lowest BCUT2D eigenvalue weighted by Crippen LogP contribution is -2.58. The molecule has 130 valence electrons. The molecule has 25 heavy (non-hydrogen) atoms. The summed E-state index contributed by atoms with van der Waals surface area (Å²) in [4.78, 5) is 50.7. The Hall–Kier alpha value is -2.74. The molecule has 1 aliphatic rings. The number of piperazine rings is 1. The minimum absolute atomic E-state index is 0.113. The highest BCUT2D eigenvalue weighted by Gasteiger charge is 2.36. The summed E-state index contributed by atoms with van der Waals surface area (Å²) < 4.78 is 1.00. The van der Waals surface area contributed by atoms with Crippen LogP contribution in [0, 0.1) is 0 Å². The van der Waals surface area contributed by atoms with Crippen LogP contribution >= 0.6 is 11.3 Å². The highest BCUT2D eigenvalue weighted by atomic mass is 32.1. The molecule has 1 unspecified atom stereocenters. The largest absolute Gasteiger partial charge is 0.333 e. The van der Waals surface area contributed by atoms with Gasteiger partial charge in [-0.05, 0) is 24.4 Å². The van der Waals surface area contributed by atoms with Gasteiger partial charge in [0, 0.05) is 29.2 Å². The number of urea groups is 1. The van der Waals surface area contributed by atoms with Crippen LogP contribution in [-0.4, -0.2) is 53.6 Å². The number of thiophene rings is 1. The van der Waals surface area contributed by atoms with Crippen LogP contribution in [0.4, 0.5) is 4.79 Å². The van der Waals surface area contributed by atoms with Gasteiger partial charge in [0.05, 0.1) is 0 Å². The quantitative estimate of drug-likeness (QED) is 0.663. The van der Waals surface area contributed by atoms with Gasteiger partial charge < -0.3 is 15.0 Å². The maximum absolute atomic E-state index is 12.4. The molecule has 1 aromatic carbocycles. The molecule has 2 aromatic rings. The Labute approximate surface area is 148 Å². The third-order valence-corrected chi connectivity index (χ3v) is 5.30. The average molecular weight is 359 g/mol. The second kappa shape index (κ2) is 7.02. The van der Waals surface area contributed by atoms with Crippen molar-refractivity contribution in [2.75, 3.05) is 19.6 Å². The standard InChI is InChI=1S/C17H17N3O4S/c1-2-19-7-8-20(16(23)15(19)22)17(24)18-12(10-21)14-9-11-5-3-4-6-13(11)25-14/h3-6,9-10,12H,2,7-8H2,1H3,(H,18,24). The van der Waals surface area contributed by atoms with Crippen LogP contribution in [0.2, 0.25) is 0 Å². The fourth-order valence-electron chi connectivity index (χ4n) is 2.71. The molecule has 1 aromatic heterocycles. The van der Waals surface area contributed by atoms with E-state index >= 15 is 0 Å². The van der Waals surface area contributed by atoms with Crippen molar-refractivity contribution in [2.45, 2.75) is 13.0 Å². The van der Waals surface area contributed by atoms with Crippen molar-refractivity contribution in [3.63, 3.8) is 0 Å². The summed E-state index contributed by atoms with van der Waals surface area (Å²) in [6, 6.07) is 7.88. The molecule has 7 nitrogen and oxygen atoms in total. The Morgan fingerprint density at radius 1 is 1.28 bits per heavy atom. The summed E-state index contributed by atoms with van der Waals surface area (Å²) >= 11 is 1.40. The lowest BCUT2D eigenvalue weighted by atomic mass is 10.2. The Balaban J connectivity index is 1.75. The van der Waals surface area contributed by atoms with Crippen molar-refractivity contribution < 1.29 is 19.2 Å². The van der Waals surface area contributed by atoms with Gasteiger partial charge >= 0.3 is 17.8 Å². The maximum Gasteiger partial charge on any atom is 0.325 e. The van der Waals surface area contributed by atoms with Crippen LogP contribution < -0.4 is 5.32 Å². The van der Waals surface area contributed by atoms with Crippen molar-refractivity contribution in [2.24, 2.45) is 0 Å². The molecule has 1 atom stereocenters. The summed E-state index contributed by atoms with van der Waals surface area (Å²) in [5, 5.41) is 3.51. The fourth-order valence-corrected chi connectivity index (χ4v) is 3.78. The zero-order chi connectivity index (χ0) is 18.0. The Bertz CT molecular complexity index is 814. The number of nitrogens with zero attached hydrogens (tertiary/aromatic N) is 2. The van der Waals surface area contributed by atoms with Gasteiger partial charge in [0.25, 0.3) is 0 Å². The fraction of sp³-hybridized carbons (Fsp3) is 0.294. The smallest absolute Gasteiger partial charge is 0.325 e. The first-order valence-electron chi connectivity index (χ1n) is 7.90. The number of likely N-dealkylation sites (N-methyl/N-ethyl adjacent to an activating group) is 1. The normalized spacial score (nSPS) is 16.2. The van der Waals surface area contributed by atoms with Gasteiger partial charge in [0.1, 0.15) is 12.3 Å². The van der Waals surface area contributed by atoms with Gasteiger partial charge in [-0.15, -0.1) is 11.3 Å². The number of carbonyl (C=O) groups excluding carboxylic acids is 4. The molecule has 1 fully saturated rings. The van der Waals surface area contributed by atoms with E-state index in [1.807, 2.05) is 30.3 Å². The van der Waals surface area contributed by atoms with E-state index in [9.17, 15) is 19.2 Å². The van der Waals surface area contributed by atoms with Gasteiger partial charge in [-0.1, -0.05) is 18.2 Å². The first kappa shape index (κ1) is 17.1. The number of imide groups is 1. The zero-order valence-corrected chi connectivity index (χ0v) is 14.4. The van der Waals surface area contributed by atoms with Crippen LogP contribution in [0.3, 0.4) is 0 Å². The van der Waals surface area contributed by atoms with Crippen LogP contribution in [0.15, 0.2) is 30.3 Å². The lowest BCUT2D eigenvalue weighted by molar-refractivity contribution is -0.153. The molecule has 4 amide bonds. The van der Waals surface area contributed by atoms with E-state index in [1.165, 1.54) is 16.2 Å². The van der Waals surface area contributed by atoms with Gasteiger partial charge in [0.2, 0.25) is 0 Å². The summed E-state index contributed by atoms with van der Waals surface area (Å²) in [5.74, 6) is -1.57. The number of nitrogens with one attached hydrogen (secondary N) is 1. The van der Waals surface area contributed by atoms with Crippen molar-refractivity contribution in [3.05, 3.63) is 35.2 Å². The number of hydrogen-bond donors (Lipinski definition) is 1. The molecule has 2 heterocycles. The minimum Gasteiger partial charge on any atom is -0.333 e.